The average molecular weight is 405 g/mol. The molecule has 0 aliphatic carbocycles. The second-order valence-electron chi connectivity index (χ2n) is 6.65. The maximum absolute atomic E-state index is 13.0. The molecule has 152 valence electrons. The number of methoxy groups -OCH3 is 1. The number of hydrogen-bond donors (Lipinski definition) is 0. The number of carbonyl (C=O) groups is 2. The Morgan fingerprint density at radius 1 is 1.10 bits per heavy atom. The van der Waals surface area contributed by atoms with E-state index in [4.69, 9.17) is 13.9 Å². The molecule has 1 aromatic carbocycles. The number of esters is 2. The molecular formula is C22H19N3O5. The minimum absolute atomic E-state index is 0.208. The van der Waals surface area contributed by atoms with Crippen molar-refractivity contribution < 1.29 is 23.5 Å². The van der Waals surface area contributed by atoms with Crippen LogP contribution in [0.4, 0.5) is 0 Å². The molecule has 3 aromatic heterocycles. The van der Waals surface area contributed by atoms with Crippen molar-refractivity contribution in [1.29, 1.82) is 0 Å². The van der Waals surface area contributed by atoms with Gasteiger partial charge in [-0.05, 0) is 19.1 Å². The number of aryl methyl sites for hydroxylation is 2. The van der Waals surface area contributed by atoms with Crippen LogP contribution in [0.25, 0.3) is 22.3 Å². The predicted molar refractivity (Wildman–Crippen MR) is 108 cm³/mol. The highest BCUT2D eigenvalue weighted by molar-refractivity contribution is 6.05. The zero-order valence-corrected chi connectivity index (χ0v) is 16.7. The molecule has 3 heterocycles. The largest absolute Gasteiger partial charge is 0.465 e. The molecule has 30 heavy (non-hydrogen) atoms. The first-order valence-electron chi connectivity index (χ1n) is 9.21. The Balaban J connectivity index is 1.71. The van der Waals surface area contributed by atoms with Crippen molar-refractivity contribution in [2.24, 2.45) is 7.05 Å². The number of nitrogens with zero attached hydrogens (tertiary/aromatic N) is 3. The molecule has 0 N–H and O–H groups in total. The zero-order chi connectivity index (χ0) is 21.3. The van der Waals surface area contributed by atoms with E-state index in [-0.39, 0.29) is 17.9 Å². The summed E-state index contributed by atoms with van der Waals surface area (Å²) in [7, 11) is 3.05. The fourth-order valence-electron chi connectivity index (χ4n) is 3.32. The summed E-state index contributed by atoms with van der Waals surface area (Å²) in [5, 5.41) is 5.01. The van der Waals surface area contributed by atoms with Gasteiger partial charge < -0.3 is 13.9 Å². The summed E-state index contributed by atoms with van der Waals surface area (Å²) in [6.45, 7) is 1.60. The predicted octanol–water partition coefficient (Wildman–Crippen LogP) is 3.68. The van der Waals surface area contributed by atoms with Crippen molar-refractivity contribution in [3.05, 3.63) is 71.3 Å². The first-order chi connectivity index (χ1) is 14.5. The number of pyridine rings is 1. The van der Waals surface area contributed by atoms with Crippen LogP contribution < -0.4 is 0 Å². The van der Waals surface area contributed by atoms with Gasteiger partial charge in [-0.1, -0.05) is 30.3 Å². The van der Waals surface area contributed by atoms with Crippen LogP contribution in [0.15, 0.2) is 53.1 Å². The lowest BCUT2D eigenvalue weighted by Crippen LogP contribution is -2.10. The first-order valence-corrected chi connectivity index (χ1v) is 9.21. The Kier molecular flexibility index (Phi) is 5.05. The van der Waals surface area contributed by atoms with Gasteiger partial charge in [0.05, 0.1) is 35.7 Å². The molecule has 0 saturated heterocycles. The van der Waals surface area contributed by atoms with Crippen LogP contribution in [-0.2, 0) is 23.1 Å². The van der Waals surface area contributed by atoms with E-state index >= 15 is 0 Å². The highest BCUT2D eigenvalue weighted by Crippen LogP contribution is 2.27. The minimum Gasteiger partial charge on any atom is -0.465 e. The van der Waals surface area contributed by atoms with Gasteiger partial charge in [-0.25, -0.2) is 14.6 Å². The maximum atomic E-state index is 13.0. The first kappa shape index (κ1) is 19.4. The summed E-state index contributed by atoms with van der Waals surface area (Å²) < 4.78 is 17.1. The Bertz CT molecular complexity index is 1240. The number of ether oxygens (including phenoxy) is 2. The third-order valence-electron chi connectivity index (χ3n) is 4.74. The van der Waals surface area contributed by atoms with Gasteiger partial charge in [0.2, 0.25) is 0 Å². The number of hydrogen-bond acceptors (Lipinski definition) is 7. The average Bonchev–Trinajstić information content (AvgIpc) is 3.35. The van der Waals surface area contributed by atoms with Crippen LogP contribution >= 0.6 is 0 Å². The highest BCUT2D eigenvalue weighted by Gasteiger charge is 2.22. The van der Waals surface area contributed by atoms with E-state index in [1.54, 1.807) is 17.8 Å². The molecule has 0 radical (unpaired) electrons. The lowest BCUT2D eigenvalue weighted by molar-refractivity contribution is 0.0434. The van der Waals surface area contributed by atoms with Crippen LogP contribution in [0, 0.1) is 6.92 Å². The topological polar surface area (TPSA) is 96.5 Å². The van der Waals surface area contributed by atoms with E-state index in [2.05, 4.69) is 10.1 Å². The van der Waals surface area contributed by atoms with E-state index in [0.29, 0.717) is 28.0 Å². The maximum Gasteiger partial charge on any atom is 0.341 e. The van der Waals surface area contributed by atoms with Gasteiger partial charge >= 0.3 is 11.9 Å². The summed E-state index contributed by atoms with van der Waals surface area (Å²) >= 11 is 0. The number of carbonyl (C=O) groups excluding carboxylic acids is 2. The summed E-state index contributed by atoms with van der Waals surface area (Å²) in [6.07, 6.45) is 1.35. The van der Waals surface area contributed by atoms with E-state index in [1.165, 1.54) is 19.4 Å². The zero-order valence-electron chi connectivity index (χ0n) is 16.7. The summed E-state index contributed by atoms with van der Waals surface area (Å²) in [6, 6.07) is 12.7. The molecule has 4 rings (SSSR count). The molecule has 8 heteroatoms. The molecule has 0 saturated carbocycles. The monoisotopic (exact) mass is 405 g/mol. The second-order valence-corrected chi connectivity index (χ2v) is 6.65. The Labute approximate surface area is 172 Å². The van der Waals surface area contributed by atoms with Crippen LogP contribution in [0.2, 0.25) is 0 Å². The van der Waals surface area contributed by atoms with Crippen LogP contribution in [-0.4, -0.2) is 33.8 Å². The Morgan fingerprint density at radius 2 is 1.87 bits per heavy atom. The number of furan rings is 1. The molecule has 0 aliphatic heterocycles. The molecule has 0 atom stereocenters. The van der Waals surface area contributed by atoms with Gasteiger partial charge in [0.15, 0.2) is 18.0 Å². The third-order valence-corrected chi connectivity index (χ3v) is 4.74. The smallest absolute Gasteiger partial charge is 0.341 e. The fourth-order valence-corrected chi connectivity index (χ4v) is 3.32. The van der Waals surface area contributed by atoms with Crippen molar-refractivity contribution in [2.45, 2.75) is 13.5 Å². The molecule has 0 amide bonds. The van der Waals surface area contributed by atoms with Gasteiger partial charge in [-0.2, -0.15) is 5.10 Å². The molecule has 0 bridgehead atoms. The van der Waals surface area contributed by atoms with Gasteiger partial charge in [0.25, 0.3) is 0 Å². The Morgan fingerprint density at radius 3 is 2.60 bits per heavy atom. The van der Waals surface area contributed by atoms with Gasteiger partial charge in [-0.15, -0.1) is 0 Å². The van der Waals surface area contributed by atoms with Crippen molar-refractivity contribution in [1.82, 2.24) is 14.8 Å². The molecule has 0 spiro atoms. The lowest BCUT2D eigenvalue weighted by atomic mass is 10.1. The lowest BCUT2D eigenvalue weighted by Gasteiger charge is -2.09. The summed E-state index contributed by atoms with van der Waals surface area (Å²) in [5.74, 6) is -0.912. The van der Waals surface area contributed by atoms with E-state index in [1.807, 2.05) is 37.3 Å². The van der Waals surface area contributed by atoms with Crippen molar-refractivity contribution in [3.63, 3.8) is 0 Å². The van der Waals surface area contributed by atoms with E-state index < -0.39 is 11.9 Å². The standard InChI is InChI=1S/C22H19N3O5/c1-13-19-16(22(27)30-12-18-15(9-10-29-18)21(26)28-3)11-17(14-7-5-4-6-8-14)23-20(19)25(2)24-13/h4-11H,12H2,1-3H3. The van der Waals surface area contributed by atoms with Gasteiger partial charge in [0.1, 0.15) is 5.56 Å². The van der Waals surface area contributed by atoms with Gasteiger partial charge in [-0.3, -0.25) is 4.68 Å². The molecular weight excluding hydrogens is 386 g/mol. The molecule has 8 nitrogen and oxygen atoms in total. The highest BCUT2D eigenvalue weighted by atomic mass is 16.5. The number of benzene rings is 1. The van der Waals surface area contributed by atoms with Crippen molar-refractivity contribution in [3.8, 4) is 11.3 Å². The fraction of sp³-hybridized carbons (Fsp3) is 0.182. The molecule has 0 fully saturated rings. The van der Waals surface area contributed by atoms with Crippen molar-refractivity contribution in [2.75, 3.05) is 7.11 Å². The number of aromatic nitrogens is 3. The number of rotatable bonds is 5. The van der Waals surface area contributed by atoms with Crippen LogP contribution in [0.1, 0.15) is 32.2 Å². The normalized spacial score (nSPS) is 10.9. The second kappa shape index (κ2) is 7.82. The van der Waals surface area contributed by atoms with E-state index in [9.17, 15) is 9.59 Å². The van der Waals surface area contributed by atoms with Gasteiger partial charge in [0, 0.05) is 12.6 Å². The SMILES string of the molecule is COC(=O)c1ccoc1COC(=O)c1cc(-c2ccccc2)nc2c1c(C)nn2C. The Hall–Kier alpha value is -3.94. The quantitative estimate of drug-likeness (QED) is 0.467. The summed E-state index contributed by atoms with van der Waals surface area (Å²) in [5.41, 5.74) is 3.30. The van der Waals surface area contributed by atoms with Crippen molar-refractivity contribution >= 4 is 23.0 Å². The molecule has 0 unspecified atom stereocenters. The van der Waals surface area contributed by atoms with Crippen LogP contribution in [0.3, 0.4) is 0 Å². The molecule has 0 aliphatic rings. The van der Waals surface area contributed by atoms with Crippen LogP contribution in [0.5, 0.6) is 0 Å². The third kappa shape index (κ3) is 3.43. The summed E-state index contributed by atoms with van der Waals surface area (Å²) in [4.78, 5) is 29.5. The minimum atomic E-state index is -0.567. The number of fused-ring (bicyclic) bond motifs is 1. The molecule has 4 aromatic rings. The van der Waals surface area contributed by atoms with E-state index in [0.717, 1.165) is 5.56 Å².